The largest absolute Gasteiger partial charge is 0.457 e. The topological polar surface area (TPSA) is 70.3 Å². The molecule has 1 aromatic rings. The van der Waals surface area contributed by atoms with Gasteiger partial charge in [0.25, 0.3) is 0 Å². The number of nitrogens with zero attached hydrogens (tertiary/aromatic N) is 2. The lowest BCUT2D eigenvalue weighted by molar-refractivity contribution is 0.133. The number of halogens is 1. The molecule has 6 heteroatoms. The van der Waals surface area contributed by atoms with E-state index in [0.29, 0.717) is 13.2 Å². The molecule has 2 N–H and O–H groups in total. The highest BCUT2D eigenvalue weighted by molar-refractivity contribution is 5.27. The van der Waals surface area contributed by atoms with E-state index in [0.717, 1.165) is 12.5 Å². The number of nitrogen functional groups attached to an aromatic ring is 1. The predicted molar refractivity (Wildman–Crippen MR) is 46.3 cm³/mol. The van der Waals surface area contributed by atoms with Gasteiger partial charge in [0.15, 0.2) is 0 Å². The Morgan fingerprint density at radius 3 is 3.07 bits per heavy atom. The van der Waals surface area contributed by atoms with E-state index in [9.17, 15) is 4.39 Å². The summed E-state index contributed by atoms with van der Waals surface area (Å²) in [5.74, 6) is -0.627. The number of hydrogen-bond acceptors (Lipinski definition) is 5. The van der Waals surface area contributed by atoms with Crippen LogP contribution in [0.3, 0.4) is 0 Å². The summed E-state index contributed by atoms with van der Waals surface area (Å²) < 4.78 is 23.1. The first kappa shape index (κ1) is 9.14. The third-order valence-corrected chi connectivity index (χ3v) is 1.85. The van der Waals surface area contributed by atoms with Crippen LogP contribution < -0.4 is 10.5 Å². The minimum Gasteiger partial charge on any atom is -0.457 e. The SMILES string of the molecule is Nc1cc(F)nc(O[C@@H]2CCOC2)n1. The molecule has 0 aromatic carbocycles. The Kier molecular flexibility index (Phi) is 2.45. The van der Waals surface area contributed by atoms with E-state index in [-0.39, 0.29) is 17.9 Å². The Morgan fingerprint density at radius 1 is 1.57 bits per heavy atom. The van der Waals surface area contributed by atoms with Crippen molar-refractivity contribution >= 4 is 5.82 Å². The summed E-state index contributed by atoms with van der Waals surface area (Å²) in [6, 6.07) is 1.01. The summed E-state index contributed by atoms with van der Waals surface area (Å²) in [6.07, 6.45) is 0.663. The number of hydrogen-bond donors (Lipinski definition) is 1. The van der Waals surface area contributed by atoms with E-state index in [4.69, 9.17) is 15.2 Å². The van der Waals surface area contributed by atoms with Crippen molar-refractivity contribution in [2.75, 3.05) is 18.9 Å². The van der Waals surface area contributed by atoms with Gasteiger partial charge >= 0.3 is 6.01 Å². The minimum atomic E-state index is -0.689. The summed E-state index contributed by atoms with van der Waals surface area (Å²) in [4.78, 5) is 7.21. The van der Waals surface area contributed by atoms with E-state index in [2.05, 4.69) is 9.97 Å². The first-order valence-electron chi connectivity index (χ1n) is 4.28. The summed E-state index contributed by atoms with van der Waals surface area (Å²) in [5, 5.41) is 0. The van der Waals surface area contributed by atoms with Crippen molar-refractivity contribution in [1.29, 1.82) is 0 Å². The first-order valence-corrected chi connectivity index (χ1v) is 4.28. The molecule has 0 amide bonds. The second kappa shape index (κ2) is 3.75. The number of aromatic nitrogens is 2. The van der Waals surface area contributed by atoms with Crippen molar-refractivity contribution in [1.82, 2.24) is 9.97 Å². The molecule has 0 spiro atoms. The van der Waals surface area contributed by atoms with Crippen molar-refractivity contribution in [2.24, 2.45) is 0 Å². The van der Waals surface area contributed by atoms with Crippen LogP contribution in [0.4, 0.5) is 10.2 Å². The molecule has 2 rings (SSSR count). The van der Waals surface area contributed by atoms with Crippen LogP contribution in [0.25, 0.3) is 0 Å². The molecule has 2 heterocycles. The van der Waals surface area contributed by atoms with Crippen molar-refractivity contribution in [3.8, 4) is 6.01 Å². The quantitative estimate of drug-likeness (QED) is 0.696. The molecule has 0 unspecified atom stereocenters. The standard InChI is InChI=1S/C8H10FN3O2/c9-6-3-7(10)12-8(11-6)14-5-1-2-13-4-5/h3,5H,1-2,4H2,(H2,10,11,12)/t5-/m1/s1. The highest BCUT2D eigenvalue weighted by Gasteiger charge is 2.18. The lowest BCUT2D eigenvalue weighted by Gasteiger charge is -2.09. The van der Waals surface area contributed by atoms with Crippen LogP contribution in [0.2, 0.25) is 0 Å². The summed E-state index contributed by atoms with van der Waals surface area (Å²) in [7, 11) is 0. The maximum atomic E-state index is 12.8. The van der Waals surface area contributed by atoms with Gasteiger partial charge in [-0.15, -0.1) is 0 Å². The molecule has 5 nitrogen and oxygen atoms in total. The normalized spacial score (nSPS) is 21.1. The zero-order valence-corrected chi connectivity index (χ0v) is 7.44. The van der Waals surface area contributed by atoms with Crippen LogP contribution in [-0.2, 0) is 4.74 Å². The third-order valence-electron chi connectivity index (χ3n) is 1.85. The first-order chi connectivity index (χ1) is 6.74. The van der Waals surface area contributed by atoms with E-state index in [1.54, 1.807) is 0 Å². The van der Waals surface area contributed by atoms with Gasteiger partial charge in [-0.25, -0.2) is 0 Å². The van der Waals surface area contributed by atoms with Gasteiger partial charge in [-0.2, -0.15) is 14.4 Å². The van der Waals surface area contributed by atoms with Gasteiger partial charge in [-0.05, 0) is 0 Å². The third kappa shape index (κ3) is 2.08. The average Bonchev–Trinajstić information content (AvgIpc) is 2.54. The van der Waals surface area contributed by atoms with E-state index >= 15 is 0 Å². The average molecular weight is 199 g/mol. The molecule has 1 atom stereocenters. The van der Waals surface area contributed by atoms with Crippen LogP contribution in [0, 0.1) is 5.95 Å². The maximum absolute atomic E-state index is 12.8. The van der Waals surface area contributed by atoms with Gasteiger partial charge < -0.3 is 15.2 Å². The molecule has 1 saturated heterocycles. The van der Waals surface area contributed by atoms with E-state index in [1.165, 1.54) is 0 Å². The molecule has 1 aliphatic heterocycles. The maximum Gasteiger partial charge on any atom is 0.321 e. The van der Waals surface area contributed by atoms with Gasteiger partial charge in [0.2, 0.25) is 5.95 Å². The Morgan fingerprint density at radius 2 is 2.43 bits per heavy atom. The van der Waals surface area contributed by atoms with Crippen LogP contribution in [0.5, 0.6) is 6.01 Å². The van der Waals surface area contributed by atoms with Crippen molar-refractivity contribution in [3.63, 3.8) is 0 Å². The van der Waals surface area contributed by atoms with E-state index in [1.807, 2.05) is 0 Å². The number of nitrogens with two attached hydrogens (primary N) is 1. The Balaban J connectivity index is 2.07. The van der Waals surface area contributed by atoms with Crippen LogP contribution in [0.15, 0.2) is 6.07 Å². The molecule has 76 valence electrons. The van der Waals surface area contributed by atoms with Crippen LogP contribution >= 0.6 is 0 Å². The molecule has 1 aliphatic rings. The van der Waals surface area contributed by atoms with Gasteiger partial charge in [-0.3, -0.25) is 0 Å². The Hall–Kier alpha value is -1.43. The minimum absolute atomic E-state index is 0.0296. The lowest BCUT2D eigenvalue weighted by Crippen LogP contribution is -2.17. The highest BCUT2D eigenvalue weighted by Crippen LogP contribution is 2.13. The van der Waals surface area contributed by atoms with E-state index < -0.39 is 5.95 Å². The number of anilines is 1. The zero-order valence-electron chi connectivity index (χ0n) is 7.44. The zero-order chi connectivity index (χ0) is 9.97. The van der Waals surface area contributed by atoms with Crippen LogP contribution in [-0.4, -0.2) is 29.3 Å². The molecule has 1 aromatic heterocycles. The Labute approximate surface area is 80.1 Å². The summed E-state index contributed by atoms with van der Waals surface area (Å²) >= 11 is 0. The van der Waals surface area contributed by atoms with Gasteiger partial charge in [0, 0.05) is 12.5 Å². The van der Waals surface area contributed by atoms with Crippen LogP contribution in [0.1, 0.15) is 6.42 Å². The van der Waals surface area contributed by atoms with Gasteiger partial charge in [0.05, 0.1) is 13.2 Å². The molecular weight excluding hydrogens is 189 g/mol. The fourth-order valence-electron chi connectivity index (χ4n) is 1.22. The van der Waals surface area contributed by atoms with Crippen molar-refractivity contribution in [2.45, 2.75) is 12.5 Å². The number of ether oxygens (including phenoxy) is 2. The summed E-state index contributed by atoms with van der Waals surface area (Å²) in [6.45, 7) is 1.13. The molecule has 0 saturated carbocycles. The molecule has 0 bridgehead atoms. The fraction of sp³-hybridized carbons (Fsp3) is 0.500. The van der Waals surface area contributed by atoms with Crippen molar-refractivity contribution < 1.29 is 13.9 Å². The molecule has 0 radical (unpaired) electrons. The second-order valence-corrected chi connectivity index (χ2v) is 3.00. The predicted octanol–water partition coefficient (Wildman–Crippen LogP) is 0.366. The summed E-state index contributed by atoms with van der Waals surface area (Å²) in [5.41, 5.74) is 5.33. The highest BCUT2D eigenvalue weighted by atomic mass is 19.1. The molecule has 0 aliphatic carbocycles. The smallest absolute Gasteiger partial charge is 0.321 e. The number of rotatable bonds is 2. The fourth-order valence-corrected chi connectivity index (χ4v) is 1.22. The Bertz CT molecular complexity index is 308. The molecular formula is C8H10FN3O2. The van der Waals surface area contributed by atoms with Crippen molar-refractivity contribution in [3.05, 3.63) is 12.0 Å². The second-order valence-electron chi connectivity index (χ2n) is 3.00. The molecule has 1 fully saturated rings. The lowest BCUT2D eigenvalue weighted by atomic mass is 10.3. The van der Waals surface area contributed by atoms with Gasteiger partial charge in [-0.1, -0.05) is 0 Å². The monoisotopic (exact) mass is 199 g/mol. The molecule has 14 heavy (non-hydrogen) atoms. The van der Waals surface area contributed by atoms with Gasteiger partial charge in [0.1, 0.15) is 11.9 Å².